The highest BCUT2D eigenvalue weighted by molar-refractivity contribution is 7.22. The molecule has 6 aromatic carbocycles. The van der Waals surface area contributed by atoms with Crippen LogP contribution >= 0.6 is 22.7 Å². The molecule has 0 amide bonds. The van der Waals surface area contributed by atoms with Gasteiger partial charge >= 0.3 is 0 Å². The fourth-order valence-electron chi connectivity index (χ4n) is 5.51. The summed E-state index contributed by atoms with van der Waals surface area (Å²) in [5.41, 5.74) is 9.17. The summed E-state index contributed by atoms with van der Waals surface area (Å²) in [5.74, 6) is 0. The first-order valence-corrected chi connectivity index (χ1v) is 16.3. The van der Waals surface area contributed by atoms with E-state index in [0.29, 0.717) is 0 Å². The van der Waals surface area contributed by atoms with Crippen LogP contribution in [0.15, 0.2) is 158 Å². The third-order valence-electron chi connectivity index (χ3n) is 7.87. The van der Waals surface area contributed by atoms with Crippen molar-refractivity contribution >= 4 is 65.6 Å². The Morgan fingerprint density at radius 1 is 0.318 bits per heavy atom. The molecule has 2 aromatic heterocycles. The van der Waals surface area contributed by atoms with Crippen LogP contribution in [0.2, 0.25) is 0 Å². The first-order valence-electron chi connectivity index (χ1n) is 14.7. The quantitative estimate of drug-likeness (QED) is 0.190. The summed E-state index contributed by atoms with van der Waals surface area (Å²) >= 11 is 3.67. The maximum atomic E-state index is 3.54. The van der Waals surface area contributed by atoms with Crippen molar-refractivity contribution in [3.05, 3.63) is 158 Å². The third-order valence-corrected chi connectivity index (χ3v) is 10.2. The first-order chi connectivity index (χ1) is 21.7. The minimum atomic E-state index is 1.07. The van der Waals surface area contributed by atoms with Crippen LogP contribution in [-0.4, -0.2) is 0 Å². The van der Waals surface area contributed by atoms with Crippen molar-refractivity contribution in [1.82, 2.24) is 0 Å². The van der Waals surface area contributed by atoms with Gasteiger partial charge in [0.2, 0.25) is 0 Å². The first kappa shape index (κ1) is 26.5. The van der Waals surface area contributed by atoms with E-state index in [9.17, 15) is 0 Å². The molecule has 0 atom stereocenters. The van der Waals surface area contributed by atoms with Crippen molar-refractivity contribution in [2.45, 2.75) is 0 Å². The van der Waals surface area contributed by atoms with Gasteiger partial charge in [0.05, 0.1) is 0 Å². The van der Waals surface area contributed by atoms with E-state index in [0.717, 1.165) is 22.7 Å². The number of thiophene rings is 2. The molecule has 210 valence electrons. The lowest BCUT2D eigenvalue weighted by molar-refractivity contribution is 1.53. The molecule has 0 saturated carbocycles. The zero-order chi connectivity index (χ0) is 29.3. The van der Waals surface area contributed by atoms with Crippen LogP contribution in [0.4, 0.5) is 22.7 Å². The zero-order valence-electron chi connectivity index (χ0n) is 23.8. The van der Waals surface area contributed by atoms with E-state index in [2.05, 4.69) is 168 Å². The summed E-state index contributed by atoms with van der Waals surface area (Å²) < 4.78 is 2.65. The van der Waals surface area contributed by atoms with Gasteiger partial charge in [-0.2, -0.15) is 0 Å². The largest absolute Gasteiger partial charge is 0.356 e. The van der Waals surface area contributed by atoms with Crippen molar-refractivity contribution in [3.8, 4) is 32.0 Å². The van der Waals surface area contributed by atoms with E-state index in [4.69, 9.17) is 0 Å². The predicted molar refractivity (Wildman–Crippen MR) is 193 cm³/mol. The Kier molecular flexibility index (Phi) is 6.91. The number of rotatable bonds is 7. The van der Waals surface area contributed by atoms with Crippen molar-refractivity contribution in [2.75, 3.05) is 10.6 Å². The Morgan fingerprint density at radius 3 is 0.977 bits per heavy atom. The highest BCUT2D eigenvalue weighted by Gasteiger charge is 2.06. The number of hydrogen-bond donors (Lipinski definition) is 2. The van der Waals surface area contributed by atoms with Gasteiger partial charge in [0.15, 0.2) is 0 Å². The SMILES string of the molecule is c1ccc2sc(-c3ccc(Nc4ccc(-c5ccc(Nc6ccc(-c7cc8ccccc8s7)cc6)cc5)cc4)cc3)cc2c1. The molecule has 4 heteroatoms. The van der Waals surface area contributed by atoms with E-state index in [1.54, 1.807) is 0 Å². The fourth-order valence-corrected chi connectivity index (χ4v) is 7.65. The monoisotopic (exact) mass is 600 g/mol. The molecular formula is C40H28N2S2. The van der Waals surface area contributed by atoms with Crippen molar-refractivity contribution < 1.29 is 0 Å². The molecule has 0 spiro atoms. The van der Waals surface area contributed by atoms with Crippen molar-refractivity contribution in [3.63, 3.8) is 0 Å². The molecule has 2 N–H and O–H groups in total. The van der Waals surface area contributed by atoms with Crippen LogP contribution in [0.5, 0.6) is 0 Å². The van der Waals surface area contributed by atoms with Crippen LogP contribution in [-0.2, 0) is 0 Å². The van der Waals surface area contributed by atoms with Gasteiger partial charge in [-0.1, -0.05) is 84.9 Å². The van der Waals surface area contributed by atoms with Crippen molar-refractivity contribution in [1.29, 1.82) is 0 Å². The van der Waals surface area contributed by atoms with Crippen molar-refractivity contribution in [2.24, 2.45) is 0 Å². The molecule has 8 rings (SSSR count). The van der Waals surface area contributed by atoms with E-state index in [-0.39, 0.29) is 0 Å². The summed E-state index contributed by atoms with van der Waals surface area (Å²) in [6.07, 6.45) is 0. The van der Waals surface area contributed by atoms with Gasteiger partial charge in [0.25, 0.3) is 0 Å². The van der Waals surface area contributed by atoms with Gasteiger partial charge in [-0.05, 0) is 106 Å². The number of hydrogen-bond acceptors (Lipinski definition) is 4. The Hall–Kier alpha value is -5.16. The number of benzene rings is 6. The lowest BCUT2D eigenvalue weighted by atomic mass is 10.0. The second-order valence-electron chi connectivity index (χ2n) is 10.9. The Labute approximate surface area is 264 Å². The zero-order valence-corrected chi connectivity index (χ0v) is 25.5. The van der Waals surface area contributed by atoms with Gasteiger partial charge < -0.3 is 10.6 Å². The van der Waals surface area contributed by atoms with E-state index in [1.807, 2.05) is 22.7 Å². The van der Waals surface area contributed by atoms with E-state index < -0.39 is 0 Å². The molecule has 0 aliphatic carbocycles. The van der Waals surface area contributed by atoms with Gasteiger partial charge in [-0.15, -0.1) is 22.7 Å². The van der Waals surface area contributed by atoms with E-state index in [1.165, 1.54) is 52.2 Å². The Bertz CT molecular complexity index is 1960. The topological polar surface area (TPSA) is 24.1 Å². The van der Waals surface area contributed by atoms with Crippen LogP contribution in [0.25, 0.3) is 52.2 Å². The molecular weight excluding hydrogens is 573 g/mol. The molecule has 44 heavy (non-hydrogen) atoms. The van der Waals surface area contributed by atoms with Crippen LogP contribution < -0.4 is 10.6 Å². The summed E-state index contributed by atoms with van der Waals surface area (Å²) in [5, 5.41) is 9.68. The maximum Gasteiger partial charge on any atom is 0.0384 e. The lowest BCUT2D eigenvalue weighted by Crippen LogP contribution is -1.91. The molecule has 0 saturated heterocycles. The molecule has 0 unspecified atom stereocenters. The molecule has 0 aliphatic rings. The second-order valence-corrected chi connectivity index (χ2v) is 13.0. The smallest absolute Gasteiger partial charge is 0.0384 e. The second kappa shape index (κ2) is 11.5. The summed E-state index contributed by atoms with van der Waals surface area (Å²) in [7, 11) is 0. The maximum absolute atomic E-state index is 3.54. The van der Waals surface area contributed by atoms with Gasteiger partial charge in [0.1, 0.15) is 0 Å². The van der Waals surface area contributed by atoms with Gasteiger partial charge in [-0.3, -0.25) is 0 Å². The third kappa shape index (κ3) is 5.49. The van der Waals surface area contributed by atoms with Crippen LogP contribution in [0, 0.1) is 0 Å². The molecule has 8 aromatic rings. The number of anilines is 4. The molecule has 0 radical (unpaired) electrons. The Morgan fingerprint density at radius 2 is 0.636 bits per heavy atom. The highest BCUT2D eigenvalue weighted by Crippen LogP contribution is 2.36. The predicted octanol–water partition coefficient (Wildman–Crippen LogP) is 12.6. The average Bonchev–Trinajstić information content (AvgIpc) is 3.71. The molecule has 0 fully saturated rings. The lowest BCUT2D eigenvalue weighted by Gasteiger charge is -2.10. The van der Waals surface area contributed by atoms with Gasteiger partial charge in [0, 0.05) is 41.9 Å². The summed E-state index contributed by atoms with van der Waals surface area (Å²) in [6.45, 7) is 0. The fraction of sp³-hybridized carbons (Fsp3) is 0. The minimum Gasteiger partial charge on any atom is -0.356 e. The number of nitrogens with one attached hydrogen (secondary N) is 2. The number of fused-ring (bicyclic) bond motifs is 2. The van der Waals surface area contributed by atoms with E-state index >= 15 is 0 Å². The highest BCUT2D eigenvalue weighted by atomic mass is 32.1. The Balaban J connectivity index is 0.900. The molecule has 0 aliphatic heterocycles. The normalized spacial score (nSPS) is 11.2. The average molecular weight is 601 g/mol. The standard InChI is InChI=1S/C40H28N2S2/c1-3-7-37-31(5-1)25-39(43-37)29-13-21-35(22-14-29)41-33-17-9-27(10-18-33)28-11-19-34(20-12-28)42-36-23-15-30(16-24-36)40-26-32-6-2-4-8-38(32)44-40/h1-26,41-42H. The molecule has 2 heterocycles. The van der Waals surface area contributed by atoms with Gasteiger partial charge in [-0.25, -0.2) is 0 Å². The molecule has 2 nitrogen and oxygen atoms in total. The molecule has 0 bridgehead atoms. The van der Waals surface area contributed by atoms with Crippen LogP contribution in [0.3, 0.4) is 0 Å². The summed E-state index contributed by atoms with van der Waals surface area (Å²) in [4.78, 5) is 2.59. The van der Waals surface area contributed by atoms with Crippen LogP contribution in [0.1, 0.15) is 0 Å². The minimum absolute atomic E-state index is 1.07. The summed E-state index contributed by atoms with van der Waals surface area (Å²) in [6, 6.07) is 56.2.